The Morgan fingerprint density at radius 2 is 0.349 bits per heavy atom. The van der Waals surface area contributed by atoms with Crippen molar-refractivity contribution in [2.75, 3.05) is 19.6 Å². The van der Waals surface area contributed by atoms with E-state index in [4.69, 9.17) is 35.3 Å². The van der Waals surface area contributed by atoms with Crippen LogP contribution in [0.25, 0.3) is 219 Å². The van der Waals surface area contributed by atoms with Crippen molar-refractivity contribution in [2.24, 2.45) is 0 Å². The van der Waals surface area contributed by atoms with E-state index in [2.05, 4.69) is 448 Å². The Morgan fingerprint density at radius 3 is 0.637 bits per heavy atom. The Kier molecular flexibility index (Phi) is 19.1. The molecule has 8 heterocycles. The molecular weight excluding hydrogens is 1790 g/mol. The quantitative estimate of drug-likeness (QED) is 0.0916. The number of para-hydroxylation sites is 8. The van der Waals surface area contributed by atoms with E-state index in [-0.39, 0.29) is 0 Å². The lowest BCUT2D eigenvalue weighted by atomic mass is 10.0. The normalized spacial score (nSPS) is 12.1. The van der Waals surface area contributed by atoms with Gasteiger partial charge in [-0.1, -0.05) is 222 Å². The lowest BCUT2D eigenvalue weighted by molar-refractivity contribution is 0.668. The molecule has 0 bridgehead atoms. The molecule has 692 valence electrons. The number of hydrogen-bond donors (Lipinski definition) is 0. The van der Waals surface area contributed by atoms with Gasteiger partial charge in [-0.3, -0.25) is 0 Å². The van der Waals surface area contributed by atoms with Crippen LogP contribution in [0.15, 0.2) is 484 Å². The third-order valence-corrected chi connectivity index (χ3v) is 29.6. The van der Waals surface area contributed by atoms with E-state index in [0.29, 0.717) is 11.8 Å². The van der Waals surface area contributed by atoms with Crippen LogP contribution < -0.4 is 19.6 Å². The van der Waals surface area contributed by atoms with Gasteiger partial charge in [0, 0.05) is 202 Å². The van der Waals surface area contributed by atoms with Crippen molar-refractivity contribution in [3.05, 3.63) is 460 Å². The van der Waals surface area contributed by atoms with E-state index in [1.54, 1.807) is 0 Å². The summed E-state index contributed by atoms with van der Waals surface area (Å²) in [6.07, 6.45) is 0. The number of nitrogens with zero attached hydrogens (tertiary/aromatic N) is 4. The van der Waals surface area contributed by atoms with E-state index in [9.17, 15) is 0 Å². The fraction of sp³-hybridized carbons (Fsp3) is 0.0448. The van der Waals surface area contributed by atoms with E-state index >= 15 is 0 Å². The molecule has 0 radical (unpaired) electrons. The summed E-state index contributed by atoms with van der Waals surface area (Å²) in [6, 6.07) is 159. The molecule has 12 heteroatoms. The van der Waals surface area contributed by atoms with Crippen molar-refractivity contribution in [1.29, 1.82) is 0 Å². The van der Waals surface area contributed by atoms with Crippen LogP contribution in [0.2, 0.25) is 0 Å². The van der Waals surface area contributed by atoms with Crippen molar-refractivity contribution < 1.29 is 35.3 Å². The zero-order valence-corrected chi connectivity index (χ0v) is 79.9. The highest BCUT2D eigenvalue weighted by Crippen LogP contribution is 2.51. The molecule has 30 rings (SSSR count). The Labute approximate surface area is 836 Å². The van der Waals surface area contributed by atoms with Crippen molar-refractivity contribution in [1.82, 2.24) is 0 Å². The third-order valence-electron chi connectivity index (χ3n) is 29.6. The maximum absolute atomic E-state index is 6.77. The molecule has 0 aliphatic carbocycles. The summed E-state index contributed by atoms with van der Waals surface area (Å²) in [6.45, 7) is 8.91. The Hall–Kier alpha value is -19.0. The highest BCUT2D eigenvalue weighted by Gasteiger charge is 2.27. The molecule has 0 aliphatic rings. The number of hydrogen-bond acceptors (Lipinski definition) is 12. The van der Waals surface area contributed by atoms with Gasteiger partial charge in [-0.15, -0.1) is 0 Å². The molecule has 0 fully saturated rings. The summed E-state index contributed by atoms with van der Waals surface area (Å²) >= 11 is 0. The second-order valence-corrected chi connectivity index (χ2v) is 38.9. The van der Waals surface area contributed by atoms with Crippen LogP contribution in [0.4, 0.5) is 68.2 Å². The van der Waals surface area contributed by atoms with E-state index in [0.717, 1.165) is 288 Å². The molecule has 146 heavy (non-hydrogen) atoms. The lowest BCUT2D eigenvalue weighted by Gasteiger charge is -2.26. The average Bonchev–Trinajstić information content (AvgIpc) is 1.58. The summed E-state index contributed by atoms with van der Waals surface area (Å²) in [5.74, 6) is 0.858. The second kappa shape index (κ2) is 33.3. The standard InChI is InChI=1S/C70H42N2O4.C64H46N2O4/c1-3-13-47(14-4-1)71(49-29-25-43(26-30-49)53-19-11-21-59-55-17-7-9-23-63(55)75-69(53)59)51-33-35-57-61-37-45-40-66-62(38-46(45)39-65(61)73-67(57)41-51)58-36-34-52(42-68(58)74-66)72(48-15-5-2-6-16-48)50-31-27-44(28-32-50)54-20-12-22-60-56-18-8-10-24-64(56)76-70(54)60;1-37(2)39-13-17-43(18-14-39)65(45-21-25-51-49-9-5-7-11-57(49)67-61(51)33-45)47-23-27-53-55-29-41-32-60-56(30-42(41)31-59(55)69-63(53)35-47)54-28-24-48(36-64(54)70-60)66(44-19-15-40(16-20-44)38(3)4)46-22-26-52-50-10-6-8-12-58(50)68-62(52)34-46/h1-42H;5-38H,1-4H3. The minimum atomic E-state index is 0.429. The number of rotatable bonds is 16. The van der Waals surface area contributed by atoms with Crippen LogP contribution in [-0.4, -0.2) is 0 Å². The van der Waals surface area contributed by atoms with Crippen molar-refractivity contribution in [3.8, 4) is 22.3 Å². The zero-order chi connectivity index (χ0) is 96.6. The summed E-state index contributed by atoms with van der Waals surface area (Å²) in [5, 5.41) is 21.7. The van der Waals surface area contributed by atoms with E-state index < -0.39 is 0 Å². The summed E-state index contributed by atoms with van der Waals surface area (Å²) < 4.78 is 52.7. The molecule has 0 amide bonds. The number of furan rings is 8. The minimum Gasteiger partial charge on any atom is -0.456 e. The molecule has 0 unspecified atom stereocenters. The van der Waals surface area contributed by atoms with Crippen molar-refractivity contribution in [3.63, 3.8) is 0 Å². The summed E-state index contributed by atoms with van der Waals surface area (Å²) in [4.78, 5) is 9.12. The Bertz CT molecular complexity index is 9900. The molecule has 12 nitrogen and oxygen atoms in total. The van der Waals surface area contributed by atoms with Gasteiger partial charge in [0.25, 0.3) is 0 Å². The Balaban J connectivity index is 0.000000139. The molecule has 8 aromatic heterocycles. The molecule has 0 atom stereocenters. The smallest absolute Gasteiger partial charge is 0.143 e. The van der Waals surface area contributed by atoms with Gasteiger partial charge in [-0.2, -0.15) is 0 Å². The summed E-state index contributed by atoms with van der Waals surface area (Å²) in [7, 11) is 0. The number of benzene rings is 22. The first-order valence-corrected chi connectivity index (χ1v) is 49.8. The molecule has 0 saturated heterocycles. The van der Waals surface area contributed by atoms with Gasteiger partial charge in [0.05, 0.1) is 0 Å². The van der Waals surface area contributed by atoms with Gasteiger partial charge in [0.1, 0.15) is 89.3 Å². The fourth-order valence-electron chi connectivity index (χ4n) is 22.3. The monoisotopic (exact) mass is 1880 g/mol. The largest absolute Gasteiger partial charge is 0.456 e. The van der Waals surface area contributed by atoms with Crippen molar-refractivity contribution in [2.45, 2.75) is 39.5 Å². The fourth-order valence-corrected chi connectivity index (χ4v) is 22.3. The average molecular weight is 1880 g/mol. The van der Waals surface area contributed by atoms with Crippen LogP contribution in [-0.2, 0) is 0 Å². The van der Waals surface area contributed by atoms with E-state index in [1.165, 1.54) is 11.1 Å². The molecule has 0 spiro atoms. The van der Waals surface area contributed by atoms with Crippen LogP contribution >= 0.6 is 0 Å². The van der Waals surface area contributed by atoms with E-state index in [1.807, 2.05) is 48.5 Å². The lowest BCUT2D eigenvalue weighted by Crippen LogP contribution is -2.10. The molecule has 0 aliphatic heterocycles. The third kappa shape index (κ3) is 14.0. The zero-order valence-electron chi connectivity index (χ0n) is 79.9. The van der Waals surface area contributed by atoms with Gasteiger partial charge in [-0.25, -0.2) is 0 Å². The topological polar surface area (TPSA) is 118 Å². The molecule has 22 aromatic carbocycles. The first-order chi connectivity index (χ1) is 71.9. The van der Waals surface area contributed by atoms with Crippen molar-refractivity contribution >= 4 is 265 Å². The second-order valence-electron chi connectivity index (χ2n) is 38.9. The number of anilines is 12. The van der Waals surface area contributed by atoms with Crippen LogP contribution in [0.1, 0.15) is 50.7 Å². The van der Waals surface area contributed by atoms with Crippen LogP contribution in [0, 0.1) is 0 Å². The molecule has 30 aromatic rings. The Morgan fingerprint density at radius 1 is 0.144 bits per heavy atom. The molecule has 0 N–H and O–H groups in total. The van der Waals surface area contributed by atoms with Crippen LogP contribution in [0.5, 0.6) is 0 Å². The van der Waals surface area contributed by atoms with Gasteiger partial charge in [0.15, 0.2) is 0 Å². The first-order valence-electron chi connectivity index (χ1n) is 49.8. The van der Waals surface area contributed by atoms with Crippen LogP contribution in [0.3, 0.4) is 0 Å². The maximum atomic E-state index is 6.77. The maximum Gasteiger partial charge on any atom is 0.143 e. The van der Waals surface area contributed by atoms with Gasteiger partial charge in [0.2, 0.25) is 0 Å². The molecular formula is C134H88N4O8. The highest BCUT2D eigenvalue weighted by atomic mass is 16.4. The molecule has 0 saturated carbocycles. The number of fused-ring (bicyclic) bond motifs is 26. The van der Waals surface area contributed by atoms with Gasteiger partial charge in [-0.05, 0) is 274 Å². The predicted octanol–water partition coefficient (Wildman–Crippen LogP) is 40.3. The van der Waals surface area contributed by atoms with Gasteiger partial charge < -0.3 is 54.9 Å². The predicted molar refractivity (Wildman–Crippen MR) is 604 cm³/mol. The summed E-state index contributed by atoms with van der Waals surface area (Å²) in [5.41, 5.74) is 32.9. The first kappa shape index (κ1) is 83.9. The highest BCUT2D eigenvalue weighted by molar-refractivity contribution is 6.20. The minimum absolute atomic E-state index is 0.429. The SMILES string of the molecule is CC(C)c1ccc(N(c2ccc3c(c2)oc2ccccc23)c2ccc3c(c2)oc2cc4cc5c(cc4cc23)oc2cc(N(c3ccc(C(C)C)cc3)c3ccc4c(c3)oc3ccccc34)ccc25)cc1.c1ccc(N(c2ccc(-c3cccc4c3oc3ccccc34)cc2)c2ccc3c(c2)oc2cc4cc5c(cc4cc23)oc2cc(N(c3ccccc3)c3ccc(-c4cccc6c4oc4ccccc46)cc3)ccc25)cc1. The van der Waals surface area contributed by atoms with Gasteiger partial charge >= 0.3 is 0 Å².